The van der Waals surface area contributed by atoms with E-state index in [0.717, 1.165) is 25.9 Å². The van der Waals surface area contributed by atoms with Crippen molar-refractivity contribution in [3.05, 3.63) is 35.9 Å². The zero-order valence-electron chi connectivity index (χ0n) is 12.5. The number of amides is 2. The fourth-order valence-corrected chi connectivity index (χ4v) is 2.69. The Labute approximate surface area is 125 Å². The second kappa shape index (κ2) is 7.78. The van der Waals surface area contributed by atoms with Crippen molar-refractivity contribution in [1.29, 1.82) is 0 Å². The minimum Gasteiger partial charge on any atom is -0.343 e. The number of carbonyl (C=O) groups excluding carboxylic acids is 2. The second-order valence-corrected chi connectivity index (χ2v) is 5.23. The van der Waals surface area contributed by atoms with Crippen molar-refractivity contribution in [2.24, 2.45) is 0 Å². The topological polar surface area (TPSA) is 61.4 Å². The smallest absolute Gasteiger partial charge is 0.251 e. The van der Waals surface area contributed by atoms with Crippen LogP contribution in [0.5, 0.6) is 0 Å². The van der Waals surface area contributed by atoms with Gasteiger partial charge in [-0.3, -0.25) is 9.59 Å². The van der Waals surface area contributed by atoms with Crippen molar-refractivity contribution in [1.82, 2.24) is 15.5 Å². The van der Waals surface area contributed by atoms with E-state index in [1.54, 1.807) is 12.1 Å². The molecule has 0 radical (unpaired) electrons. The summed E-state index contributed by atoms with van der Waals surface area (Å²) in [7, 11) is 0. The maximum Gasteiger partial charge on any atom is 0.251 e. The Morgan fingerprint density at radius 1 is 1.33 bits per heavy atom. The summed E-state index contributed by atoms with van der Waals surface area (Å²) in [5.74, 6) is -0.225. The van der Waals surface area contributed by atoms with Crippen molar-refractivity contribution < 1.29 is 9.59 Å². The lowest BCUT2D eigenvalue weighted by atomic mass is 10.1. The van der Waals surface area contributed by atoms with Crippen LogP contribution in [0.2, 0.25) is 0 Å². The van der Waals surface area contributed by atoms with E-state index in [2.05, 4.69) is 10.6 Å². The van der Waals surface area contributed by atoms with Crippen LogP contribution in [0.4, 0.5) is 0 Å². The van der Waals surface area contributed by atoms with Crippen LogP contribution in [0, 0.1) is 0 Å². The summed E-state index contributed by atoms with van der Waals surface area (Å²) in [6.07, 6.45) is 2.12. The molecule has 0 aromatic heterocycles. The van der Waals surface area contributed by atoms with Crippen molar-refractivity contribution in [3.63, 3.8) is 0 Å². The van der Waals surface area contributed by atoms with Gasteiger partial charge in [0.15, 0.2) is 0 Å². The molecule has 1 heterocycles. The molecule has 1 fully saturated rings. The van der Waals surface area contributed by atoms with E-state index in [4.69, 9.17) is 0 Å². The van der Waals surface area contributed by atoms with Gasteiger partial charge < -0.3 is 15.5 Å². The molecule has 1 aromatic rings. The van der Waals surface area contributed by atoms with Crippen LogP contribution in [0.15, 0.2) is 30.3 Å². The lowest BCUT2D eigenvalue weighted by Gasteiger charge is -2.34. The summed E-state index contributed by atoms with van der Waals surface area (Å²) in [4.78, 5) is 26.1. The number of hydrogen-bond acceptors (Lipinski definition) is 3. The number of likely N-dealkylation sites (N-methyl/N-ethyl adjacent to an activating group) is 1. The Bertz CT molecular complexity index is 470. The van der Waals surface area contributed by atoms with Gasteiger partial charge in [-0.25, -0.2) is 0 Å². The third kappa shape index (κ3) is 4.29. The normalized spacial score (nSPS) is 18.0. The van der Waals surface area contributed by atoms with E-state index in [0.29, 0.717) is 12.1 Å². The number of carbonyl (C=O) groups is 2. The number of nitrogens with one attached hydrogen (secondary N) is 2. The number of nitrogens with zero attached hydrogens (tertiary/aromatic N) is 1. The van der Waals surface area contributed by atoms with Crippen molar-refractivity contribution >= 4 is 11.8 Å². The summed E-state index contributed by atoms with van der Waals surface area (Å²) in [5, 5.41) is 6.02. The molecule has 1 unspecified atom stereocenters. The molecule has 0 bridgehead atoms. The fraction of sp³-hybridized carbons (Fsp3) is 0.500. The average Bonchev–Trinajstić information content (AvgIpc) is 2.55. The van der Waals surface area contributed by atoms with Crippen LogP contribution in [-0.2, 0) is 4.79 Å². The van der Waals surface area contributed by atoms with Crippen molar-refractivity contribution in [3.8, 4) is 0 Å². The summed E-state index contributed by atoms with van der Waals surface area (Å²) in [5.41, 5.74) is 0.577. The lowest BCUT2D eigenvalue weighted by molar-refractivity contribution is -0.132. The van der Waals surface area contributed by atoms with Crippen LogP contribution >= 0.6 is 0 Å². The van der Waals surface area contributed by atoms with E-state index in [-0.39, 0.29) is 24.4 Å². The van der Waals surface area contributed by atoms with E-state index < -0.39 is 0 Å². The molecule has 1 saturated heterocycles. The third-order valence-corrected chi connectivity index (χ3v) is 3.81. The highest BCUT2D eigenvalue weighted by atomic mass is 16.2. The third-order valence-electron chi connectivity index (χ3n) is 3.81. The SMILES string of the molecule is CCN(C(=O)CNC(=O)c1ccccc1)C1CCCNC1. The predicted molar refractivity (Wildman–Crippen MR) is 82.1 cm³/mol. The molecule has 2 rings (SSSR count). The second-order valence-electron chi connectivity index (χ2n) is 5.23. The number of rotatable bonds is 5. The molecule has 5 heteroatoms. The standard InChI is InChI=1S/C16H23N3O2/c1-2-19(14-9-6-10-17-11-14)15(20)12-18-16(21)13-7-4-3-5-8-13/h3-5,7-8,14,17H,2,6,9-12H2,1H3,(H,18,21). The Hall–Kier alpha value is -1.88. The molecule has 1 aliphatic heterocycles. The molecular weight excluding hydrogens is 266 g/mol. The summed E-state index contributed by atoms with van der Waals surface area (Å²) >= 11 is 0. The quantitative estimate of drug-likeness (QED) is 0.850. The van der Waals surface area contributed by atoms with E-state index in [1.165, 1.54) is 0 Å². The monoisotopic (exact) mass is 289 g/mol. The van der Waals surface area contributed by atoms with Gasteiger partial charge >= 0.3 is 0 Å². The molecule has 0 aliphatic carbocycles. The first kappa shape index (κ1) is 15.5. The van der Waals surface area contributed by atoms with Crippen LogP contribution in [-0.4, -0.2) is 48.9 Å². The van der Waals surface area contributed by atoms with Gasteiger partial charge in [0.05, 0.1) is 6.54 Å². The first-order valence-corrected chi connectivity index (χ1v) is 7.55. The van der Waals surface area contributed by atoms with Gasteiger partial charge in [0.2, 0.25) is 5.91 Å². The van der Waals surface area contributed by atoms with Crippen molar-refractivity contribution in [2.45, 2.75) is 25.8 Å². The largest absolute Gasteiger partial charge is 0.343 e. The zero-order valence-corrected chi connectivity index (χ0v) is 12.5. The summed E-state index contributed by atoms with van der Waals surface area (Å²) in [6.45, 7) is 4.56. The molecule has 0 spiro atoms. The van der Waals surface area contributed by atoms with Gasteiger partial charge in [0, 0.05) is 24.7 Å². The van der Waals surface area contributed by atoms with Gasteiger partial charge in [-0.15, -0.1) is 0 Å². The Balaban J connectivity index is 1.86. The van der Waals surface area contributed by atoms with Gasteiger partial charge in [-0.2, -0.15) is 0 Å². The minimum atomic E-state index is -0.207. The highest BCUT2D eigenvalue weighted by Crippen LogP contribution is 2.10. The van der Waals surface area contributed by atoms with E-state index in [9.17, 15) is 9.59 Å². The van der Waals surface area contributed by atoms with E-state index in [1.807, 2.05) is 30.0 Å². The minimum absolute atomic E-state index is 0.0181. The zero-order chi connectivity index (χ0) is 15.1. The molecule has 5 nitrogen and oxygen atoms in total. The van der Waals surface area contributed by atoms with Gasteiger partial charge in [0.25, 0.3) is 5.91 Å². The van der Waals surface area contributed by atoms with Crippen LogP contribution in [0.25, 0.3) is 0 Å². The van der Waals surface area contributed by atoms with Crippen LogP contribution < -0.4 is 10.6 Å². The summed E-state index contributed by atoms with van der Waals surface area (Å²) < 4.78 is 0. The molecule has 1 aromatic carbocycles. The molecular formula is C16H23N3O2. The average molecular weight is 289 g/mol. The fourth-order valence-electron chi connectivity index (χ4n) is 2.69. The van der Waals surface area contributed by atoms with Crippen LogP contribution in [0.1, 0.15) is 30.1 Å². The molecule has 1 aliphatic rings. The van der Waals surface area contributed by atoms with Crippen molar-refractivity contribution in [2.75, 3.05) is 26.2 Å². The predicted octanol–water partition coefficient (Wildman–Crippen LogP) is 1.02. The van der Waals surface area contributed by atoms with Gasteiger partial charge in [-0.05, 0) is 38.4 Å². The highest BCUT2D eigenvalue weighted by molar-refractivity contribution is 5.96. The Morgan fingerprint density at radius 3 is 2.71 bits per heavy atom. The first-order valence-electron chi connectivity index (χ1n) is 7.55. The molecule has 114 valence electrons. The number of piperidine rings is 1. The highest BCUT2D eigenvalue weighted by Gasteiger charge is 2.24. The Kier molecular flexibility index (Phi) is 5.75. The first-order chi connectivity index (χ1) is 10.2. The lowest BCUT2D eigenvalue weighted by Crippen LogP contribution is -2.51. The van der Waals surface area contributed by atoms with Crippen LogP contribution in [0.3, 0.4) is 0 Å². The maximum atomic E-state index is 12.3. The molecule has 2 amide bonds. The van der Waals surface area contributed by atoms with Gasteiger partial charge in [-0.1, -0.05) is 18.2 Å². The molecule has 1 atom stereocenters. The Morgan fingerprint density at radius 2 is 2.10 bits per heavy atom. The van der Waals surface area contributed by atoms with Gasteiger partial charge in [0.1, 0.15) is 0 Å². The van der Waals surface area contributed by atoms with E-state index >= 15 is 0 Å². The number of benzene rings is 1. The molecule has 2 N–H and O–H groups in total. The summed E-state index contributed by atoms with van der Waals surface area (Å²) in [6, 6.07) is 9.19. The molecule has 0 saturated carbocycles. The molecule has 21 heavy (non-hydrogen) atoms. The maximum absolute atomic E-state index is 12.3. The number of hydrogen-bond donors (Lipinski definition) is 2.